The van der Waals surface area contributed by atoms with Crippen molar-refractivity contribution in [3.05, 3.63) is 84.0 Å². The molecule has 1 aliphatic rings. The number of methoxy groups -OCH3 is 2. The zero-order valence-corrected chi connectivity index (χ0v) is 24.0. The van der Waals surface area contributed by atoms with Crippen LogP contribution in [0.4, 0.5) is 0 Å². The first-order chi connectivity index (χ1) is 18.8. The van der Waals surface area contributed by atoms with Gasteiger partial charge in [-0.3, -0.25) is 9.36 Å². The number of nitrogens with zero attached hydrogens (tertiary/aromatic N) is 2. The molecule has 0 amide bonds. The Morgan fingerprint density at radius 3 is 2.54 bits per heavy atom. The maximum atomic E-state index is 13.9. The summed E-state index contributed by atoms with van der Waals surface area (Å²) < 4.78 is 24.3. The topological polar surface area (TPSA) is 88.4 Å². The lowest BCUT2D eigenvalue weighted by molar-refractivity contribution is -0.139. The lowest BCUT2D eigenvalue weighted by Gasteiger charge is -2.25. The molecule has 0 spiro atoms. The number of fused-ring (bicyclic) bond motifs is 1. The molecule has 1 aliphatic heterocycles. The number of carbonyl (C=O) groups is 1. The highest BCUT2D eigenvalue weighted by Crippen LogP contribution is 2.36. The number of hydrogen-bond acceptors (Lipinski definition) is 8. The van der Waals surface area contributed by atoms with Crippen LogP contribution in [-0.4, -0.2) is 38.0 Å². The van der Waals surface area contributed by atoms with E-state index in [0.29, 0.717) is 44.3 Å². The predicted molar refractivity (Wildman–Crippen MR) is 152 cm³/mol. The Morgan fingerprint density at radius 2 is 1.87 bits per heavy atom. The summed E-state index contributed by atoms with van der Waals surface area (Å²) in [5.74, 6) is 1.37. The predicted octanol–water partition coefficient (Wildman–Crippen LogP) is 4.30. The van der Waals surface area contributed by atoms with Gasteiger partial charge in [0.05, 0.1) is 49.3 Å². The number of esters is 1. The Bertz CT molecular complexity index is 1580. The van der Waals surface area contributed by atoms with Crippen LogP contribution >= 0.6 is 11.3 Å². The van der Waals surface area contributed by atoms with Gasteiger partial charge in [-0.15, -0.1) is 0 Å². The van der Waals surface area contributed by atoms with Gasteiger partial charge in [0.15, 0.2) is 16.3 Å². The number of ether oxygens (including phenoxy) is 4. The number of rotatable bonds is 10. The fraction of sp³-hybridized carbons (Fsp3) is 0.367. The summed E-state index contributed by atoms with van der Waals surface area (Å²) in [5.41, 5.74) is 3.15. The Kier molecular flexibility index (Phi) is 8.91. The number of aromatic nitrogens is 1. The number of unbranched alkanes of at least 4 members (excludes halogenated alkanes) is 1. The summed E-state index contributed by atoms with van der Waals surface area (Å²) >= 11 is 1.29. The Hall–Kier alpha value is -3.85. The Balaban J connectivity index is 1.89. The maximum Gasteiger partial charge on any atom is 0.338 e. The molecule has 206 valence electrons. The summed E-state index contributed by atoms with van der Waals surface area (Å²) in [7, 11) is 3.19. The first kappa shape index (κ1) is 28.2. The van der Waals surface area contributed by atoms with Crippen molar-refractivity contribution in [2.24, 2.45) is 4.99 Å². The van der Waals surface area contributed by atoms with Crippen LogP contribution in [0.5, 0.6) is 17.2 Å². The van der Waals surface area contributed by atoms with E-state index in [0.717, 1.165) is 29.7 Å². The van der Waals surface area contributed by atoms with E-state index in [-0.39, 0.29) is 12.2 Å². The Labute approximate surface area is 231 Å². The minimum Gasteiger partial charge on any atom is -0.497 e. The summed E-state index contributed by atoms with van der Waals surface area (Å²) in [6, 6.07) is 10.5. The van der Waals surface area contributed by atoms with Crippen LogP contribution in [0.25, 0.3) is 6.08 Å². The van der Waals surface area contributed by atoms with E-state index in [1.165, 1.54) is 11.3 Å². The van der Waals surface area contributed by atoms with Crippen LogP contribution in [0.15, 0.2) is 57.5 Å². The number of thiazole rings is 1. The summed E-state index contributed by atoms with van der Waals surface area (Å²) in [6.45, 7) is 8.36. The van der Waals surface area contributed by atoms with Gasteiger partial charge in [0.25, 0.3) is 5.56 Å². The van der Waals surface area contributed by atoms with Crippen molar-refractivity contribution in [1.29, 1.82) is 0 Å². The van der Waals surface area contributed by atoms with Crippen LogP contribution in [-0.2, 0) is 9.53 Å². The van der Waals surface area contributed by atoms with Crippen LogP contribution in [0.2, 0.25) is 0 Å². The van der Waals surface area contributed by atoms with Crippen molar-refractivity contribution in [3.63, 3.8) is 0 Å². The molecule has 0 N–H and O–H groups in total. The SMILES string of the molecule is CCCCOc1ccc(C2C(C(=O)OCC)=C(C)N=c3s/c(=C\c4ccc(OC)cc4C)c(=O)n32)cc1OC. The van der Waals surface area contributed by atoms with E-state index in [4.69, 9.17) is 18.9 Å². The third kappa shape index (κ3) is 5.78. The minimum absolute atomic E-state index is 0.205. The normalized spacial score (nSPS) is 15.0. The fourth-order valence-corrected chi connectivity index (χ4v) is 5.52. The highest BCUT2D eigenvalue weighted by atomic mass is 32.1. The number of aryl methyl sites for hydroxylation is 1. The molecule has 0 saturated carbocycles. The number of carbonyl (C=O) groups excluding carboxylic acids is 1. The molecule has 2 aromatic carbocycles. The van der Waals surface area contributed by atoms with E-state index in [2.05, 4.69) is 11.9 Å². The highest BCUT2D eigenvalue weighted by Gasteiger charge is 2.34. The third-order valence-corrected chi connectivity index (χ3v) is 7.52. The van der Waals surface area contributed by atoms with Crippen molar-refractivity contribution in [3.8, 4) is 17.2 Å². The van der Waals surface area contributed by atoms with Gasteiger partial charge in [-0.05, 0) is 74.2 Å². The smallest absolute Gasteiger partial charge is 0.338 e. The second kappa shape index (κ2) is 12.3. The third-order valence-electron chi connectivity index (χ3n) is 6.54. The van der Waals surface area contributed by atoms with Crippen molar-refractivity contribution in [2.45, 2.75) is 46.6 Å². The van der Waals surface area contributed by atoms with E-state index in [1.807, 2.05) is 49.4 Å². The molecular weight excluding hydrogens is 516 g/mol. The number of hydrogen-bond donors (Lipinski definition) is 0. The lowest BCUT2D eigenvalue weighted by atomic mass is 9.95. The molecule has 0 saturated heterocycles. The highest BCUT2D eigenvalue weighted by molar-refractivity contribution is 7.07. The van der Waals surface area contributed by atoms with Crippen LogP contribution in [0.1, 0.15) is 56.3 Å². The van der Waals surface area contributed by atoms with Crippen molar-refractivity contribution < 1.29 is 23.7 Å². The quantitative estimate of drug-likeness (QED) is 0.276. The van der Waals surface area contributed by atoms with Gasteiger partial charge in [0.1, 0.15) is 5.75 Å². The van der Waals surface area contributed by atoms with Crippen LogP contribution in [0.3, 0.4) is 0 Å². The second-order valence-electron chi connectivity index (χ2n) is 9.14. The molecule has 2 heterocycles. The average Bonchev–Trinajstić information content (AvgIpc) is 3.23. The molecule has 0 fully saturated rings. The molecule has 0 aliphatic carbocycles. The second-order valence-corrected chi connectivity index (χ2v) is 10.1. The lowest BCUT2D eigenvalue weighted by Crippen LogP contribution is -2.40. The Morgan fingerprint density at radius 1 is 1.08 bits per heavy atom. The standard InChI is InChI=1S/C30H34N2O6S/c1-7-9-14-38-23-13-11-21(16-24(23)36-6)27-26(29(34)37-8-2)19(4)31-30-32(27)28(33)25(39-30)17-20-10-12-22(35-5)15-18(20)3/h10-13,15-17,27H,7-9,14H2,1-6H3/b25-17-. The van der Waals surface area contributed by atoms with E-state index in [9.17, 15) is 9.59 Å². The zero-order valence-electron chi connectivity index (χ0n) is 23.2. The van der Waals surface area contributed by atoms with Gasteiger partial charge in [-0.2, -0.15) is 0 Å². The summed E-state index contributed by atoms with van der Waals surface area (Å²) in [4.78, 5) is 32.2. The zero-order chi connectivity index (χ0) is 28.1. The van der Waals surface area contributed by atoms with Crippen LogP contribution < -0.4 is 29.1 Å². The molecule has 0 bridgehead atoms. The van der Waals surface area contributed by atoms with E-state index in [1.54, 1.807) is 32.6 Å². The molecule has 3 aromatic rings. The molecule has 4 rings (SSSR count). The molecule has 1 unspecified atom stereocenters. The molecule has 0 radical (unpaired) electrons. The van der Waals surface area contributed by atoms with E-state index >= 15 is 0 Å². The van der Waals surface area contributed by atoms with Gasteiger partial charge in [0, 0.05) is 0 Å². The summed E-state index contributed by atoms with van der Waals surface area (Å²) in [6.07, 6.45) is 3.78. The first-order valence-electron chi connectivity index (χ1n) is 13.0. The molecule has 1 atom stereocenters. The van der Waals surface area contributed by atoms with Gasteiger partial charge in [-0.1, -0.05) is 36.8 Å². The van der Waals surface area contributed by atoms with Gasteiger partial charge >= 0.3 is 5.97 Å². The average molecular weight is 551 g/mol. The monoisotopic (exact) mass is 550 g/mol. The first-order valence-corrected chi connectivity index (χ1v) is 13.8. The van der Waals surface area contributed by atoms with Crippen molar-refractivity contribution in [2.75, 3.05) is 27.4 Å². The largest absolute Gasteiger partial charge is 0.497 e. The van der Waals surface area contributed by atoms with Gasteiger partial charge in [-0.25, -0.2) is 9.79 Å². The fourth-order valence-electron chi connectivity index (χ4n) is 4.49. The maximum absolute atomic E-state index is 13.9. The molecular formula is C30H34N2O6S. The molecule has 39 heavy (non-hydrogen) atoms. The molecule has 8 nitrogen and oxygen atoms in total. The van der Waals surface area contributed by atoms with Crippen LogP contribution in [0, 0.1) is 6.92 Å². The minimum atomic E-state index is -0.738. The molecule has 9 heteroatoms. The van der Waals surface area contributed by atoms with E-state index < -0.39 is 12.0 Å². The summed E-state index contributed by atoms with van der Waals surface area (Å²) in [5, 5.41) is 0. The van der Waals surface area contributed by atoms with Gasteiger partial charge in [0.2, 0.25) is 0 Å². The number of benzene rings is 2. The van der Waals surface area contributed by atoms with Crippen molar-refractivity contribution in [1.82, 2.24) is 4.57 Å². The van der Waals surface area contributed by atoms with Gasteiger partial charge < -0.3 is 18.9 Å². The number of allylic oxidation sites excluding steroid dienone is 1. The van der Waals surface area contributed by atoms with Crippen molar-refractivity contribution >= 4 is 23.4 Å². The molecule has 1 aromatic heterocycles.